The number of rotatable bonds is 35. The minimum atomic E-state index is -3.58. The van der Waals surface area contributed by atoms with Crippen molar-refractivity contribution in [1.82, 2.24) is 0 Å². The molecule has 2 unspecified atom stereocenters. The molecule has 0 spiro atoms. The van der Waals surface area contributed by atoms with Gasteiger partial charge in [0, 0.05) is 37.3 Å². The van der Waals surface area contributed by atoms with Gasteiger partial charge in [0.25, 0.3) is 0 Å². The number of aryl methyl sites for hydroxylation is 2. The number of benzene rings is 4. The van der Waals surface area contributed by atoms with Crippen LogP contribution in [-0.4, -0.2) is 117 Å². The van der Waals surface area contributed by atoms with Crippen molar-refractivity contribution < 1.29 is 51.9 Å². The summed E-state index contributed by atoms with van der Waals surface area (Å²) in [7, 11) is -21.8. The third-order valence-corrected chi connectivity index (χ3v) is 41.7. The van der Waals surface area contributed by atoms with E-state index in [9.17, 15) is 0 Å². The summed E-state index contributed by atoms with van der Waals surface area (Å²) in [4.78, 5) is 0. The van der Waals surface area contributed by atoms with Gasteiger partial charge in [-0.25, -0.2) is 0 Å². The Morgan fingerprint density at radius 2 is 0.784 bits per heavy atom. The van der Waals surface area contributed by atoms with Crippen LogP contribution in [0.15, 0.2) is 109 Å². The Balaban J connectivity index is 1.31. The topological polar surface area (TPSA) is 111 Å². The van der Waals surface area contributed by atoms with E-state index in [1.54, 1.807) is 7.11 Å². The van der Waals surface area contributed by atoms with Gasteiger partial charge in [0.1, 0.15) is 12.4 Å². The highest BCUT2D eigenvalue weighted by molar-refractivity contribution is 6.96. The molecule has 0 radical (unpaired) electrons. The third kappa shape index (κ3) is 22.9. The second-order valence-corrected chi connectivity index (χ2v) is 57.3. The first-order valence-electron chi connectivity index (χ1n) is 26.6. The molecular formula is C53H94O12Si9. The van der Waals surface area contributed by atoms with E-state index in [-0.39, 0.29) is 0 Å². The van der Waals surface area contributed by atoms with Gasteiger partial charge in [-0.15, -0.1) is 0 Å². The Morgan fingerprint density at radius 3 is 1.20 bits per heavy atom. The van der Waals surface area contributed by atoms with Crippen LogP contribution < -0.4 is 15.1 Å². The van der Waals surface area contributed by atoms with Gasteiger partial charge in [0.15, 0.2) is 33.3 Å². The van der Waals surface area contributed by atoms with Crippen molar-refractivity contribution in [3.05, 3.63) is 126 Å². The fraction of sp³-hybridized carbons (Fsp3) is 0.547. The normalized spacial score (nSPS) is 14.9. The van der Waals surface area contributed by atoms with Crippen molar-refractivity contribution in [3.63, 3.8) is 0 Å². The van der Waals surface area contributed by atoms with Crippen LogP contribution in [0.5, 0.6) is 5.75 Å². The number of hydrogen-bond acceptors (Lipinski definition) is 12. The van der Waals surface area contributed by atoms with Crippen LogP contribution in [-0.2, 0) is 66.6 Å². The molecule has 0 aliphatic heterocycles. The summed E-state index contributed by atoms with van der Waals surface area (Å²) in [5.41, 5.74) is 3.61. The number of ether oxygens (including phenoxy) is 2. The minimum absolute atomic E-state index is 0.456. The average Bonchev–Trinajstić information content (AvgIpc) is 3.30. The van der Waals surface area contributed by atoms with E-state index in [4.69, 9.17) is 51.9 Å². The Kier molecular flexibility index (Phi) is 24.8. The van der Waals surface area contributed by atoms with E-state index < -0.39 is 76.6 Å². The maximum absolute atomic E-state index is 7.41. The molecule has 0 N–H and O–H groups in total. The molecule has 4 aromatic carbocycles. The van der Waals surface area contributed by atoms with Crippen LogP contribution in [0.3, 0.4) is 0 Å². The van der Waals surface area contributed by atoms with Crippen LogP contribution >= 0.6 is 0 Å². The first-order chi connectivity index (χ1) is 34.4. The fourth-order valence-corrected chi connectivity index (χ4v) is 38.6. The van der Waals surface area contributed by atoms with Crippen molar-refractivity contribution in [2.24, 2.45) is 0 Å². The minimum Gasteiger partial charge on any atom is -0.491 e. The zero-order valence-electron chi connectivity index (χ0n) is 48.6. The van der Waals surface area contributed by atoms with Crippen LogP contribution in [0.4, 0.5) is 0 Å². The van der Waals surface area contributed by atoms with E-state index in [0.29, 0.717) is 39.6 Å². The highest BCUT2D eigenvalue weighted by Crippen LogP contribution is 2.32. The van der Waals surface area contributed by atoms with E-state index in [1.165, 1.54) is 11.1 Å². The molecule has 0 bridgehead atoms. The van der Waals surface area contributed by atoms with E-state index in [2.05, 4.69) is 159 Å². The van der Waals surface area contributed by atoms with Gasteiger partial charge in [-0.2, -0.15) is 0 Å². The third-order valence-electron chi connectivity index (χ3n) is 12.1. The zero-order valence-corrected chi connectivity index (χ0v) is 57.6. The summed E-state index contributed by atoms with van der Waals surface area (Å²) in [6.45, 7) is 39.8. The van der Waals surface area contributed by atoms with Crippen molar-refractivity contribution in [1.29, 1.82) is 0 Å². The largest absolute Gasteiger partial charge is 0.508 e. The molecule has 4 aromatic rings. The number of hydrogen-bond donors (Lipinski definition) is 0. The van der Waals surface area contributed by atoms with Crippen molar-refractivity contribution >= 4 is 86.9 Å². The lowest BCUT2D eigenvalue weighted by molar-refractivity contribution is 0.0889. The SMILES string of the molecule is CCO[Si](C)(C)O[Si](O[Si](C)(C)C)(O[Si](C)(C)CCc1ccc(COCCOc2ccc(CC[Si](C)(C)O[Si](O[Si](C)(C)OCC)(O[Si](C)(C)OCC[Si](C)(C)OC)c3ccccc3)cc2)cc1)c1ccccc1. The van der Waals surface area contributed by atoms with Gasteiger partial charge < -0.3 is 51.9 Å². The lowest BCUT2D eigenvalue weighted by Crippen LogP contribution is -2.69. The molecule has 0 saturated carbocycles. The predicted octanol–water partition coefficient (Wildman–Crippen LogP) is 12.5. The monoisotopic (exact) mass is 1170 g/mol. The Morgan fingerprint density at radius 1 is 0.378 bits per heavy atom. The molecule has 2 atom stereocenters. The van der Waals surface area contributed by atoms with E-state index in [0.717, 1.165) is 52.7 Å². The fourth-order valence-electron chi connectivity index (χ4n) is 8.25. The summed E-state index contributed by atoms with van der Waals surface area (Å²) in [6.07, 6.45) is 1.75. The molecule has 12 nitrogen and oxygen atoms in total. The maximum atomic E-state index is 7.41. The van der Waals surface area contributed by atoms with Gasteiger partial charge in [0.05, 0.1) is 13.2 Å². The van der Waals surface area contributed by atoms with E-state index in [1.807, 2.05) is 62.4 Å². The lowest BCUT2D eigenvalue weighted by Gasteiger charge is -2.44. The second-order valence-electron chi connectivity index (χ2n) is 23.1. The Labute approximate surface area is 457 Å². The first-order valence-corrected chi connectivity index (χ1v) is 51.3. The zero-order chi connectivity index (χ0) is 55.0. The van der Waals surface area contributed by atoms with Crippen molar-refractivity contribution in [3.8, 4) is 5.75 Å². The van der Waals surface area contributed by atoms with Crippen molar-refractivity contribution in [2.75, 3.05) is 40.1 Å². The quantitative estimate of drug-likeness (QED) is 0.0323. The van der Waals surface area contributed by atoms with Crippen molar-refractivity contribution in [2.45, 2.75) is 150 Å². The molecule has 0 saturated heterocycles. The first kappa shape index (κ1) is 64.7. The molecule has 0 aliphatic rings. The summed E-state index contributed by atoms with van der Waals surface area (Å²) >= 11 is 0. The lowest BCUT2D eigenvalue weighted by atomic mass is 10.1. The molecule has 0 aromatic heterocycles. The molecule has 414 valence electrons. The van der Waals surface area contributed by atoms with Gasteiger partial charge in [-0.05, 0) is 172 Å². The van der Waals surface area contributed by atoms with Crippen LogP contribution in [0.2, 0.25) is 116 Å². The van der Waals surface area contributed by atoms with Gasteiger partial charge in [0.2, 0.25) is 0 Å². The van der Waals surface area contributed by atoms with Crippen LogP contribution in [0, 0.1) is 0 Å². The highest BCUT2D eigenvalue weighted by atomic mass is 28.5. The van der Waals surface area contributed by atoms with Gasteiger partial charge in [-0.3, -0.25) is 0 Å². The van der Waals surface area contributed by atoms with E-state index >= 15 is 0 Å². The molecule has 4 rings (SSSR count). The predicted molar refractivity (Wildman–Crippen MR) is 324 cm³/mol. The highest BCUT2D eigenvalue weighted by Gasteiger charge is 2.56. The molecule has 0 heterocycles. The standard InChI is InChI=1S/C53H94O12Si9/c1-19-57-70(13,14)63-73(60-66(4,5)6,52-27-23-21-24-28-52)61-68(9,10)44-39-48-31-33-50(34-32-48)47-55-41-42-56-51-37-35-49(36-38-51)40-45-69(11,12)62-74(53-29-25-22-26-30-53,64-71(15,16)58-20-2)65-72(17,18)59-43-46-67(7,8)54-3/h21-38H,19-20,39-47H2,1-18H3. The van der Waals surface area contributed by atoms with Gasteiger partial charge in [-0.1, -0.05) is 97.1 Å². The summed E-state index contributed by atoms with van der Waals surface area (Å²) in [6, 6.07) is 40.3. The molecular weight excluding hydrogens is 1080 g/mol. The van der Waals surface area contributed by atoms with Crippen LogP contribution in [0.25, 0.3) is 0 Å². The Hall–Kier alpha value is -1.81. The smallest absolute Gasteiger partial charge is 0.491 e. The average molecular weight is 1180 g/mol. The molecule has 0 fully saturated rings. The molecule has 0 amide bonds. The van der Waals surface area contributed by atoms with Crippen LogP contribution in [0.1, 0.15) is 30.5 Å². The van der Waals surface area contributed by atoms with Gasteiger partial charge >= 0.3 is 43.3 Å². The molecule has 21 heteroatoms. The second kappa shape index (κ2) is 28.4. The molecule has 74 heavy (non-hydrogen) atoms. The summed E-state index contributed by atoms with van der Waals surface area (Å²) in [5, 5.41) is 1.94. The maximum Gasteiger partial charge on any atom is 0.508 e. The summed E-state index contributed by atoms with van der Waals surface area (Å²) in [5.74, 6) is 0.816. The Bertz CT molecular complexity index is 2230. The summed E-state index contributed by atoms with van der Waals surface area (Å²) < 4.78 is 80.3. The molecule has 0 aliphatic carbocycles.